The topological polar surface area (TPSA) is 9.23 Å². The van der Waals surface area contributed by atoms with Crippen LogP contribution in [-0.2, 0) is 6.18 Å². The van der Waals surface area contributed by atoms with Crippen LogP contribution in [0.5, 0.6) is 5.75 Å². The molecule has 1 rings (SSSR count). The van der Waals surface area contributed by atoms with Gasteiger partial charge in [-0.15, -0.1) is 0 Å². The number of hydrogen-bond acceptors (Lipinski definition) is 1. The second kappa shape index (κ2) is 4.46. The van der Waals surface area contributed by atoms with E-state index in [4.69, 9.17) is 0 Å². The van der Waals surface area contributed by atoms with Crippen LogP contribution in [0, 0.1) is 0 Å². The summed E-state index contributed by atoms with van der Waals surface area (Å²) >= 11 is 0. The van der Waals surface area contributed by atoms with Gasteiger partial charge >= 0.3 is 12.4 Å². The summed E-state index contributed by atoms with van der Waals surface area (Å²) in [6.07, 6.45) is -11.8. The van der Waals surface area contributed by atoms with Crippen molar-refractivity contribution < 1.29 is 31.1 Å². The summed E-state index contributed by atoms with van der Waals surface area (Å²) in [7, 11) is 0. The Labute approximate surface area is 93.0 Å². The number of hydrogen-bond donors (Lipinski definition) is 0. The molecule has 0 aliphatic heterocycles. The third-order valence-electron chi connectivity index (χ3n) is 1.96. The van der Waals surface area contributed by atoms with Crippen LogP contribution in [0.4, 0.5) is 26.3 Å². The summed E-state index contributed by atoms with van der Waals surface area (Å²) in [6.45, 7) is 0.646. The second-order valence-corrected chi connectivity index (χ2v) is 3.30. The van der Waals surface area contributed by atoms with E-state index in [-0.39, 0.29) is 0 Å². The summed E-state index contributed by atoms with van der Waals surface area (Å²) in [5, 5.41) is 0. The lowest BCUT2D eigenvalue weighted by molar-refractivity contribution is -0.191. The Kier molecular flexibility index (Phi) is 3.59. The van der Waals surface area contributed by atoms with Crippen molar-refractivity contribution in [3.8, 4) is 5.75 Å². The van der Waals surface area contributed by atoms with Gasteiger partial charge in [0.15, 0.2) is 6.10 Å². The van der Waals surface area contributed by atoms with Crippen LogP contribution in [0.25, 0.3) is 0 Å². The Morgan fingerprint density at radius 1 is 1.00 bits per heavy atom. The predicted octanol–water partition coefficient (Wildman–Crippen LogP) is 4.04. The van der Waals surface area contributed by atoms with E-state index in [1.165, 1.54) is 6.07 Å². The molecule has 0 saturated heterocycles. The molecule has 7 heteroatoms. The first-order chi connectivity index (χ1) is 7.62. The third kappa shape index (κ3) is 3.54. The van der Waals surface area contributed by atoms with Crippen LogP contribution < -0.4 is 4.74 Å². The van der Waals surface area contributed by atoms with E-state index in [2.05, 4.69) is 4.74 Å². The number of alkyl halides is 6. The zero-order chi connectivity index (χ0) is 13.3. The van der Waals surface area contributed by atoms with E-state index < -0.39 is 29.8 Å². The van der Waals surface area contributed by atoms with Crippen LogP contribution in [0.3, 0.4) is 0 Å². The number of halogens is 6. The Balaban J connectivity index is 3.00. The Morgan fingerprint density at radius 3 is 2.00 bits per heavy atom. The van der Waals surface area contributed by atoms with Crippen molar-refractivity contribution in [1.29, 1.82) is 0 Å². The monoisotopic (exact) mass is 258 g/mol. The maximum atomic E-state index is 12.4. The first kappa shape index (κ1) is 13.7. The highest BCUT2D eigenvalue weighted by atomic mass is 19.4. The molecule has 1 nitrogen and oxygen atoms in total. The first-order valence-electron chi connectivity index (χ1n) is 4.52. The zero-order valence-corrected chi connectivity index (χ0v) is 8.56. The fraction of sp³-hybridized carbons (Fsp3) is 0.400. The molecule has 0 aromatic heterocycles. The van der Waals surface area contributed by atoms with Crippen molar-refractivity contribution in [3.63, 3.8) is 0 Å². The van der Waals surface area contributed by atoms with Gasteiger partial charge < -0.3 is 4.74 Å². The van der Waals surface area contributed by atoms with E-state index in [0.29, 0.717) is 13.0 Å². The van der Waals surface area contributed by atoms with Crippen molar-refractivity contribution >= 4 is 0 Å². The SMILES string of the molecule is CC(Oc1ccccc1C(F)(F)F)C(F)(F)F. The van der Waals surface area contributed by atoms with E-state index in [1.54, 1.807) is 0 Å². The summed E-state index contributed by atoms with van der Waals surface area (Å²) in [5.74, 6) is -0.829. The van der Waals surface area contributed by atoms with Gasteiger partial charge in [-0.3, -0.25) is 0 Å². The number of ether oxygens (including phenoxy) is 1. The molecule has 0 heterocycles. The second-order valence-electron chi connectivity index (χ2n) is 3.30. The fourth-order valence-corrected chi connectivity index (χ4v) is 1.06. The molecule has 0 aliphatic rings. The van der Waals surface area contributed by atoms with Gasteiger partial charge in [0, 0.05) is 0 Å². The van der Waals surface area contributed by atoms with Gasteiger partial charge in [0.25, 0.3) is 0 Å². The molecule has 1 atom stereocenters. The molecule has 1 aromatic carbocycles. The predicted molar refractivity (Wildman–Crippen MR) is 47.6 cm³/mol. The normalized spacial score (nSPS) is 14.5. The standard InChI is InChI=1S/C10H8F6O/c1-6(9(11,12)13)17-8-5-3-2-4-7(8)10(14,15)16/h2-6H,1H3. The highest BCUT2D eigenvalue weighted by molar-refractivity contribution is 5.35. The van der Waals surface area contributed by atoms with Gasteiger partial charge in [0.05, 0.1) is 5.56 Å². The van der Waals surface area contributed by atoms with Crippen molar-refractivity contribution in [3.05, 3.63) is 29.8 Å². The Hall–Kier alpha value is -1.40. The lowest BCUT2D eigenvalue weighted by atomic mass is 10.2. The number of para-hydroxylation sites is 1. The van der Waals surface area contributed by atoms with Crippen molar-refractivity contribution in [2.75, 3.05) is 0 Å². The minimum atomic E-state index is -4.75. The molecule has 0 amide bonds. The average molecular weight is 258 g/mol. The van der Waals surface area contributed by atoms with Crippen molar-refractivity contribution in [2.24, 2.45) is 0 Å². The van der Waals surface area contributed by atoms with Gasteiger partial charge in [-0.25, -0.2) is 0 Å². The fourth-order valence-electron chi connectivity index (χ4n) is 1.06. The smallest absolute Gasteiger partial charge is 0.425 e. The molecular weight excluding hydrogens is 250 g/mol. The van der Waals surface area contributed by atoms with Gasteiger partial charge in [-0.1, -0.05) is 12.1 Å². The van der Waals surface area contributed by atoms with Crippen molar-refractivity contribution in [1.82, 2.24) is 0 Å². The first-order valence-corrected chi connectivity index (χ1v) is 4.52. The molecule has 0 aliphatic carbocycles. The lowest BCUT2D eigenvalue weighted by Gasteiger charge is -2.20. The molecule has 0 bridgehead atoms. The summed E-state index contributed by atoms with van der Waals surface area (Å²) in [5.41, 5.74) is -1.23. The maximum Gasteiger partial charge on any atom is 0.425 e. The summed E-state index contributed by atoms with van der Waals surface area (Å²) < 4.78 is 78.1. The van der Waals surface area contributed by atoms with Gasteiger partial charge in [0.2, 0.25) is 0 Å². The molecule has 0 saturated carbocycles. The maximum absolute atomic E-state index is 12.4. The molecule has 17 heavy (non-hydrogen) atoms. The van der Waals surface area contributed by atoms with E-state index >= 15 is 0 Å². The number of benzene rings is 1. The van der Waals surface area contributed by atoms with Crippen LogP contribution >= 0.6 is 0 Å². The van der Waals surface area contributed by atoms with E-state index in [1.807, 2.05) is 0 Å². The highest BCUT2D eigenvalue weighted by Gasteiger charge is 2.40. The van der Waals surface area contributed by atoms with E-state index in [0.717, 1.165) is 12.1 Å². The zero-order valence-electron chi connectivity index (χ0n) is 8.56. The quantitative estimate of drug-likeness (QED) is 0.727. The Bertz CT molecular complexity index is 381. The van der Waals surface area contributed by atoms with Crippen LogP contribution in [0.2, 0.25) is 0 Å². The van der Waals surface area contributed by atoms with Gasteiger partial charge in [-0.05, 0) is 19.1 Å². The van der Waals surface area contributed by atoms with Gasteiger partial charge in [0.1, 0.15) is 5.75 Å². The summed E-state index contributed by atoms with van der Waals surface area (Å²) in [4.78, 5) is 0. The van der Waals surface area contributed by atoms with E-state index in [9.17, 15) is 26.3 Å². The minimum absolute atomic E-state index is 0.646. The Morgan fingerprint density at radius 2 is 1.53 bits per heavy atom. The molecule has 1 aromatic rings. The molecule has 0 spiro atoms. The molecule has 0 radical (unpaired) electrons. The minimum Gasteiger partial charge on any atom is -0.481 e. The number of rotatable bonds is 2. The largest absolute Gasteiger partial charge is 0.481 e. The third-order valence-corrected chi connectivity index (χ3v) is 1.96. The molecule has 0 fully saturated rings. The van der Waals surface area contributed by atoms with Crippen LogP contribution in [0.1, 0.15) is 12.5 Å². The molecular formula is C10H8F6O. The molecule has 96 valence electrons. The lowest BCUT2D eigenvalue weighted by Crippen LogP contribution is -2.31. The van der Waals surface area contributed by atoms with Gasteiger partial charge in [-0.2, -0.15) is 26.3 Å². The highest BCUT2D eigenvalue weighted by Crippen LogP contribution is 2.37. The summed E-state index contributed by atoms with van der Waals surface area (Å²) in [6, 6.07) is 3.77. The molecule has 1 unspecified atom stereocenters. The average Bonchev–Trinajstić information content (AvgIpc) is 2.15. The molecule has 0 N–H and O–H groups in total. The van der Waals surface area contributed by atoms with Crippen LogP contribution in [0.15, 0.2) is 24.3 Å². The van der Waals surface area contributed by atoms with Crippen molar-refractivity contribution in [2.45, 2.75) is 25.4 Å². The van der Waals surface area contributed by atoms with Crippen LogP contribution in [-0.4, -0.2) is 12.3 Å².